The fraction of sp³-hybridized carbons (Fsp3) is 0.286. The maximum atomic E-state index is 12.3. The van der Waals surface area contributed by atoms with Crippen molar-refractivity contribution in [2.24, 2.45) is 0 Å². The Morgan fingerprint density at radius 3 is 2.78 bits per heavy atom. The Hall–Kier alpha value is -1.48. The summed E-state index contributed by atoms with van der Waals surface area (Å²) in [6, 6.07) is 3.87. The fourth-order valence-electron chi connectivity index (χ4n) is 1.82. The van der Waals surface area contributed by atoms with E-state index in [1.165, 1.54) is 36.6 Å². The standard InChI is InChI=1S/C14H15ClN2O4S2/c1-9(13-16-5-6-22-13)8-17-23(19,20)10-3-4-11(12(15)7-10)14(18)21-2/h3-7,9,17H,8H2,1-2H3/t9-/m1/s1. The number of benzene rings is 1. The molecule has 0 radical (unpaired) electrons. The molecule has 0 spiro atoms. The monoisotopic (exact) mass is 374 g/mol. The fourth-order valence-corrected chi connectivity index (χ4v) is 4.00. The highest BCUT2D eigenvalue weighted by molar-refractivity contribution is 7.89. The quantitative estimate of drug-likeness (QED) is 0.785. The Bertz CT molecular complexity index is 791. The topological polar surface area (TPSA) is 85.4 Å². The number of sulfonamides is 1. The van der Waals surface area contributed by atoms with Gasteiger partial charge in [0.15, 0.2) is 0 Å². The molecule has 0 fully saturated rings. The highest BCUT2D eigenvalue weighted by Crippen LogP contribution is 2.22. The molecule has 0 aliphatic heterocycles. The minimum Gasteiger partial charge on any atom is -0.465 e. The van der Waals surface area contributed by atoms with E-state index in [0.29, 0.717) is 0 Å². The van der Waals surface area contributed by atoms with Crippen molar-refractivity contribution in [2.45, 2.75) is 17.7 Å². The van der Waals surface area contributed by atoms with E-state index in [-0.39, 0.29) is 27.9 Å². The first-order chi connectivity index (χ1) is 10.8. The van der Waals surface area contributed by atoms with Crippen LogP contribution in [0.2, 0.25) is 5.02 Å². The predicted octanol–water partition coefficient (Wildman–Crippen LogP) is 2.67. The second kappa shape index (κ2) is 7.39. The third-order valence-electron chi connectivity index (χ3n) is 3.11. The smallest absolute Gasteiger partial charge is 0.339 e. The van der Waals surface area contributed by atoms with Gasteiger partial charge in [0.2, 0.25) is 10.0 Å². The molecular weight excluding hydrogens is 360 g/mol. The molecule has 6 nitrogen and oxygen atoms in total. The number of hydrogen-bond acceptors (Lipinski definition) is 6. The van der Waals surface area contributed by atoms with Crippen LogP contribution in [0, 0.1) is 0 Å². The van der Waals surface area contributed by atoms with Crippen LogP contribution in [0.4, 0.5) is 0 Å². The van der Waals surface area contributed by atoms with E-state index < -0.39 is 16.0 Å². The highest BCUT2D eigenvalue weighted by atomic mass is 35.5. The average molecular weight is 375 g/mol. The Kier molecular flexibility index (Phi) is 5.74. The van der Waals surface area contributed by atoms with Crippen LogP contribution in [-0.4, -0.2) is 33.0 Å². The van der Waals surface area contributed by atoms with Crippen molar-refractivity contribution in [3.63, 3.8) is 0 Å². The van der Waals surface area contributed by atoms with E-state index in [2.05, 4.69) is 14.4 Å². The summed E-state index contributed by atoms with van der Waals surface area (Å²) in [5.74, 6) is -0.668. The summed E-state index contributed by atoms with van der Waals surface area (Å²) in [6.45, 7) is 2.10. The molecule has 0 amide bonds. The average Bonchev–Trinajstić information content (AvgIpc) is 3.06. The number of thiazole rings is 1. The van der Waals surface area contributed by atoms with E-state index in [9.17, 15) is 13.2 Å². The molecule has 0 saturated carbocycles. The van der Waals surface area contributed by atoms with Gasteiger partial charge in [0.25, 0.3) is 0 Å². The molecule has 0 saturated heterocycles. The van der Waals surface area contributed by atoms with Gasteiger partial charge in [0.05, 0.1) is 27.6 Å². The number of halogens is 1. The molecule has 9 heteroatoms. The third-order valence-corrected chi connectivity index (χ3v) is 5.85. The van der Waals surface area contributed by atoms with Crippen LogP contribution in [0.25, 0.3) is 0 Å². The molecule has 1 aromatic heterocycles. The van der Waals surface area contributed by atoms with Crippen molar-refractivity contribution in [2.75, 3.05) is 13.7 Å². The first-order valence-corrected chi connectivity index (χ1v) is 9.36. The highest BCUT2D eigenvalue weighted by Gasteiger charge is 2.19. The van der Waals surface area contributed by atoms with Crippen LogP contribution in [-0.2, 0) is 14.8 Å². The van der Waals surface area contributed by atoms with Gasteiger partial charge < -0.3 is 4.74 Å². The molecule has 2 rings (SSSR count). The molecule has 1 atom stereocenters. The normalized spacial score (nSPS) is 12.8. The van der Waals surface area contributed by atoms with Gasteiger partial charge in [-0.2, -0.15) is 0 Å². The number of esters is 1. The van der Waals surface area contributed by atoms with Crippen molar-refractivity contribution in [1.29, 1.82) is 0 Å². The van der Waals surface area contributed by atoms with Gasteiger partial charge in [-0.3, -0.25) is 0 Å². The molecule has 2 aromatic rings. The molecule has 0 aliphatic carbocycles. The van der Waals surface area contributed by atoms with E-state index in [4.69, 9.17) is 11.6 Å². The number of methoxy groups -OCH3 is 1. The summed E-state index contributed by atoms with van der Waals surface area (Å²) < 4.78 is 31.7. The van der Waals surface area contributed by atoms with Gasteiger partial charge >= 0.3 is 5.97 Å². The Balaban J connectivity index is 2.13. The zero-order chi connectivity index (χ0) is 17.0. The number of carbonyl (C=O) groups excluding carboxylic acids is 1. The lowest BCUT2D eigenvalue weighted by molar-refractivity contribution is 0.0601. The number of carbonyl (C=O) groups is 1. The molecular formula is C14H15ClN2O4S2. The van der Waals surface area contributed by atoms with Gasteiger partial charge in [-0.05, 0) is 18.2 Å². The summed E-state index contributed by atoms with van der Waals surface area (Å²) in [7, 11) is -2.50. The number of hydrogen-bond donors (Lipinski definition) is 1. The van der Waals surface area contributed by atoms with Gasteiger partial charge in [0, 0.05) is 24.0 Å². The molecule has 1 N–H and O–H groups in total. The first-order valence-electron chi connectivity index (χ1n) is 6.62. The van der Waals surface area contributed by atoms with E-state index >= 15 is 0 Å². The summed E-state index contributed by atoms with van der Waals surface area (Å²) in [4.78, 5) is 15.6. The third kappa shape index (κ3) is 4.29. The summed E-state index contributed by atoms with van der Waals surface area (Å²) in [5, 5.41) is 2.71. The molecule has 124 valence electrons. The Morgan fingerprint density at radius 1 is 1.48 bits per heavy atom. The minimum absolute atomic E-state index is 0.0125. The second-order valence-corrected chi connectivity index (χ2v) is 7.86. The molecule has 0 aliphatic rings. The predicted molar refractivity (Wildman–Crippen MR) is 88.5 cm³/mol. The number of aromatic nitrogens is 1. The largest absolute Gasteiger partial charge is 0.465 e. The zero-order valence-corrected chi connectivity index (χ0v) is 14.8. The maximum Gasteiger partial charge on any atom is 0.339 e. The van der Waals surface area contributed by atoms with Crippen LogP contribution in [0.5, 0.6) is 0 Å². The van der Waals surface area contributed by atoms with Crippen molar-refractivity contribution in [3.05, 3.63) is 45.4 Å². The number of nitrogens with zero attached hydrogens (tertiary/aromatic N) is 1. The lowest BCUT2D eigenvalue weighted by Gasteiger charge is -2.11. The van der Waals surface area contributed by atoms with Gasteiger partial charge in [-0.15, -0.1) is 11.3 Å². The summed E-state index contributed by atoms with van der Waals surface area (Å²) >= 11 is 7.42. The van der Waals surface area contributed by atoms with Crippen molar-refractivity contribution < 1.29 is 17.9 Å². The molecule has 23 heavy (non-hydrogen) atoms. The summed E-state index contributed by atoms with van der Waals surface area (Å²) in [6.07, 6.45) is 1.68. The van der Waals surface area contributed by atoms with Gasteiger partial charge in [-0.25, -0.2) is 22.9 Å². The van der Waals surface area contributed by atoms with Gasteiger partial charge in [-0.1, -0.05) is 18.5 Å². The zero-order valence-electron chi connectivity index (χ0n) is 12.4. The maximum absolute atomic E-state index is 12.3. The first kappa shape index (κ1) is 17.9. The van der Waals surface area contributed by atoms with Crippen molar-refractivity contribution in [1.82, 2.24) is 9.71 Å². The molecule has 1 aromatic carbocycles. The number of rotatable bonds is 6. The Morgan fingerprint density at radius 2 is 2.22 bits per heavy atom. The van der Waals surface area contributed by atoms with Crippen molar-refractivity contribution in [3.8, 4) is 0 Å². The van der Waals surface area contributed by atoms with Crippen LogP contribution >= 0.6 is 22.9 Å². The SMILES string of the molecule is COC(=O)c1ccc(S(=O)(=O)NC[C@@H](C)c2nccs2)cc1Cl. The lowest BCUT2D eigenvalue weighted by atomic mass is 10.2. The second-order valence-electron chi connectivity index (χ2n) is 4.76. The van der Waals surface area contributed by atoms with Crippen molar-refractivity contribution >= 4 is 38.9 Å². The lowest BCUT2D eigenvalue weighted by Crippen LogP contribution is -2.27. The summed E-state index contributed by atoms with van der Waals surface area (Å²) in [5.41, 5.74) is 0.115. The van der Waals surface area contributed by atoms with Crippen LogP contribution in [0.15, 0.2) is 34.7 Å². The van der Waals surface area contributed by atoms with E-state index in [1.807, 2.05) is 12.3 Å². The van der Waals surface area contributed by atoms with E-state index in [0.717, 1.165) is 5.01 Å². The van der Waals surface area contributed by atoms with Gasteiger partial charge in [0.1, 0.15) is 0 Å². The minimum atomic E-state index is -3.73. The van der Waals surface area contributed by atoms with E-state index in [1.54, 1.807) is 6.20 Å². The van der Waals surface area contributed by atoms with Crippen LogP contribution < -0.4 is 4.72 Å². The van der Waals surface area contributed by atoms with Crippen LogP contribution in [0.3, 0.4) is 0 Å². The molecule has 0 unspecified atom stereocenters. The Labute approximate surface area is 143 Å². The number of nitrogens with one attached hydrogen (secondary N) is 1. The number of ether oxygens (including phenoxy) is 1. The molecule has 0 bridgehead atoms. The molecule has 1 heterocycles. The van der Waals surface area contributed by atoms with Crippen LogP contribution in [0.1, 0.15) is 28.2 Å².